The van der Waals surface area contributed by atoms with Gasteiger partial charge in [-0.1, -0.05) is 0 Å². The van der Waals surface area contributed by atoms with Gasteiger partial charge in [0.2, 0.25) is 5.91 Å². The molecule has 8 nitrogen and oxygen atoms in total. The average molecular weight is 341 g/mol. The molecule has 1 aliphatic heterocycles. The highest BCUT2D eigenvalue weighted by Crippen LogP contribution is 2.15. The van der Waals surface area contributed by atoms with Crippen molar-refractivity contribution in [3.63, 3.8) is 0 Å². The zero-order valence-corrected chi connectivity index (χ0v) is 13.4. The average Bonchev–Trinajstić information content (AvgIpc) is 3.25. The number of aromatic nitrogens is 6. The van der Waals surface area contributed by atoms with Crippen LogP contribution in [0.15, 0.2) is 37.2 Å². The van der Waals surface area contributed by atoms with E-state index in [1.165, 1.54) is 18.5 Å². The Hall–Kier alpha value is -3.10. The first-order chi connectivity index (χ1) is 12.2. The third kappa shape index (κ3) is 3.39. The fourth-order valence-corrected chi connectivity index (χ4v) is 2.86. The van der Waals surface area contributed by atoms with Crippen LogP contribution in [0, 0.1) is 5.82 Å². The highest BCUT2D eigenvalue weighted by Gasteiger charge is 2.23. The zero-order valence-electron chi connectivity index (χ0n) is 13.4. The van der Waals surface area contributed by atoms with Crippen molar-refractivity contribution in [3.05, 3.63) is 60.2 Å². The number of carbonyl (C=O) groups is 1. The van der Waals surface area contributed by atoms with Crippen molar-refractivity contribution < 1.29 is 9.18 Å². The largest absolute Gasteiger partial charge is 0.333 e. The second kappa shape index (κ2) is 6.42. The Morgan fingerprint density at radius 1 is 1.24 bits per heavy atom. The van der Waals surface area contributed by atoms with Gasteiger partial charge in [-0.05, 0) is 12.1 Å². The van der Waals surface area contributed by atoms with Crippen LogP contribution in [0.2, 0.25) is 0 Å². The standard InChI is InChI=1S/C16H16FN7O/c17-12-1-2-13(19-6-12)5-16(25)23-4-3-22-7-14(21-15(22)9-23)8-24-11-18-10-20-24/h1-2,6-7,10-11H,3-5,8-9H2. The lowest BCUT2D eigenvalue weighted by molar-refractivity contribution is -0.132. The molecule has 9 heteroatoms. The Labute approximate surface area is 143 Å². The molecule has 0 aromatic carbocycles. The summed E-state index contributed by atoms with van der Waals surface area (Å²) in [5.41, 5.74) is 1.45. The summed E-state index contributed by atoms with van der Waals surface area (Å²) in [5.74, 6) is 0.407. The van der Waals surface area contributed by atoms with Crippen LogP contribution in [0.4, 0.5) is 4.39 Å². The number of pyridine rings is 1. The normalized spacial score (nSPS) is 13.7. The van der Waals surface area contributed by atoms with E-state index in [4.69, 9.17) is 0 Å². The fourth-order valence-electron chi connectivity index (χ4n) is 2.86. The van der Waals surface area contributed by atoms with Crippen LogP contribution >= 0.6 is 0 Å². The molecule has 3 aromatic rings. The maximum Gasteiger partial charge on any atom is 0.229 e. The van der Waals surface area contributed by atoms with Crippen molar-refractivity contribution in [1.82, 2.24) is 34.2 Å². The van der Waals surface area contributed by atoms with Gasteiger partial charge >= 0.3 is 0 Å². The summed E-state index contributed by atoms with van der Waals surface area (Å²) >= 11 is 0. The number of rotatable bonds is 4. The van der Waals surface area contributed by atoms with Crippen molar-refractivity contribution in [1.29, 1.82) is 0 Å². The smallest absolute Gasteiger partial charge is 0.229 e. The Bertz CT molecular complexity index is 873. The lowest BCUT2D eigenvalue weighted by atomic mass is 10.2. The van der Waals surface area contributed by atoms with E-state index in [1.807, 2.05) is 6.20 Å². The number of hydrogen-bond donors (Lipinski definition) is 0. The predicted octanol–water partition coefficient (Wildman–Crippen LogP) is 0.642. The summed E-state index contributed by atoms with van der Waals surface area (Å²) in [6.45, 7) is 2.32. The summed E-state index contributed by atoms with van der Waals surface area (Å²) in [4.78, 5) is 26.7. The third-order valence-corrected chi connectivity index (χ3v) is 4.12. The quantitative estimate of drug-likeness (QED) is 0.696. The van der Waals surface area contributed by atoms with Crippen molar-refractivity contribution in [2.24, 2.45) is 0 Å². The van der Waals surface area contributed by atoms with Gasteiger partial charge in [-0.25, -0.2) is 19.0 Å². The van der Waals surface area contributed by atoms with Gasteiger partial charge in [0.1, 0.15) is 24.3 Å². The van der Waals surface area contributed by atoms with Gasteiger partial charge in [0, 0.05) is 25.0 Å². The summed E-state index contributed by atoms with van der Waals surface area (Å²) in [6, 6.07) is 2.85. The molecule has 0 radical (unpaired) electrons. The van der Waals surface area contributed by atoms with Crippen LogP contribution in [-0.2, 0) is 30.8 Å². The summed E-state index contributed by atoms with van der Waals surface area (Å²) in [5, 5.41) is 4.07. The number of carbonyl (C=O) groups excluding carboxylic acids is 1. The Balaban J connectivity index is 1.42. The van der Waals surface area contributed by atoms with Crippen molar-refractivity contribution >= 4 is 5.91 Å². The van der Waals surface area contributed by atoms with Crippen LogP contribution in [0.1, 0.15) is 17.2 Å². The first-order valence-corrected chi connectivity index (χ1v) is 7.93. The van der Waals surface area contributed by atoms with E-state index in [9.17, 15) is 9.18 Å². The van der Waals surface area contributed by atoms with Gasteiger partial charge in [0.05, 0.1) is 31.4 Å². The number of fused-ring (bicyclic) bond motifs is 1. The van der Waals surface area contributed by atoms with Crippen LogP contribution in [0.5, 0.6) is 0 Å². The Kier molecular flexibility index (Phi) is 3.96. The lowest BCUT2D eigenvalue weighted by Gasteiger charge is -2.27. The molecule has 25 heavy (non-hydrogen) atoms. The van der Waals surface area contributed by atoms with E-state index in [0.29, 0.717) is 31.9 Å². The minimum Gasteiger partial charge on any atom is -0.333 e. The van der Waals surface area contributed by atoms with Crippen LogP contribution in [0.3, 0.4) is 0 Å². The SMILES string of the molecule is O=C(Cc1ccc(F)cn1)N1CCn2cc(Cn3cncn3)nc2C1. The van der Waals surface area contributed by atoms with Crippen LogP contribution < -0.4 is 0 Å². The molecular formula is C16H16FN7O. The maximum atomic E-state index is 12.9. The van der Waals surface area contributed by atoms with E-state index < -0.39 is 5.82 Å². The summed E-state index contributed by atoms with van der Waals surface area (Å²) < 4.78 is 16.7. The molecule has 4 heterocycles. The van der Waals surface area contributed by atoms with Gasteiger partial charge in [0.15, 0.2) is 0 Å². The molecule has 0 fully saturated rings. The van der Waals surface area contributed by atoms with E-state index in [0.717, 1.165) is 17.7 Å². The predicted molar refractivity (Wildman–Crippen MR) is 84.7 cm³/mol. The molecule has 0 atom stereocenters. The molecule has 4 rings (SSSR count). The van der Waals surface area contributed by atoms with Crippen LogP contribution in [0.25, 0.3) is 0 Å². The first kappa shape index (κ1) is 15.4. The molecule has 1 aliphatic rings. The topological polar surface area (TPSA) is 81.7 Å². The highest BCUT2D eigenvalue weighted by molar-refractivity contribution is 5.78. The molecule has 0 N–H and O–H groups in total. The second-order valence-electron chi connectivity index (χ2n) is 5.89. The first-order valence-electron chi connectivity index (χ1n) is 7.93. The Morgan fingerprint density at radius 2 is 2.16 bits per heavy atom. The molecule has 128 valence electrons. The van der Waals surface area contributed by atoms with Crippen molar-refractivity contribution in [3.8, 4) is 0 Å². The van der Waals surface area contributed by atoms with Gasteiger partial charge in [-0.15, -0.1) is 0 Å². The highest BCUT2D eigenvalue weighted by atomic mass is 19.1. The number of halogens is 1. The molecule has 0 unspecified atom stereocenters. The number of hydrogen-bond acceptors (Lipinski definition) is 5. The van der Waals surface area contributed by atoms with Gasteiger partial charge < -0.3 is 9.47 Å². The van der Waals surface area contributed by atoms with Crippen molar-refractivity contribution in [2.75, 3.05) is 6.54 Å². The number of amides is 1. The molecule has 0 aliphatic carbocycles. The molecule has 0 bridgehead atoms. The van der Waals surface area contributed by atoms with Gasteiger partial charge in [-0.2, -0.15) is 5.10 Å². The van der Waals surface area contributed by atoms with Gasteiger partial charge in [0.25, 0.3) is 0 Å². The van der Waals surface area contributed by atoms with E-state index in [-0.39, 0.29) is 12.3 Å². The molecule has 0 saturated heterocycles. The summed E-state index contributed by atoms with van der Waals surface area (Å²) in [6.07, 6.45) is 6.40. The second-order valence-corrected chi connectivity index (χ2v) is 5.89. The summed E-state index contributed by atoms with van der Waals surface area (Å²) in [7, 11) is 0. The molecule has 1 amide bonds. The van der Waals surface area contributed by atoms with E-state index in [1.54, 1.807) is 15.9 Å². The van der Waals surface area contributed by atoms with Gasteiger partial charge in [-0.3, -0.25) is 9.78 Å². The lowest BCUT2D eigenvalue weighted by Crippen LogP contribution is -2.39. The monoisotopic (exact) mass is 341 g/mol. The number of nitrogens with zero attached hydrogens (tertiary/aromatic N) is 7. The van der Waals surface area contributed by atoms with Crippen LogP contribution in [-0.4, -0.2) is 46.7 Å². The maximum absolute atomic E-state index is 12.9. The molecule has 0 spiro atoms. The third-order valence-electron chi connectivity index (χ3n) is 4.12. The minimum absolute atomic E-state index is 0.0359. The number of imidazole rings is 1. The van der Waals surface area contributed by atoms with E-state index in [2.05, 4.69) is 24.6 Å². The molecule has 3 aromatic heterocycles. The zero-order chi connectivity index (χ0) is 17.2. The molecule has 0 saturated carbocycles. The minimum atomic E-state index is -0.406. The van der Waals surface area contributed by atoms with Crippen molar-refractivity contribution in [2.45, 2.75) is 26.1 Å². The Morgan fingerprint density at radius 3 is 2.92 bits per heavy atom. The van der Waals surface area contributed by atoms with E-state index >= 15 is 0 Å². The molecular weight excluding hydrogens is 325 g/mol. The fraction of sp³-hybridized carbons (Fsp3) is 0.312.